The Labute approximate surface area is 114 Å². The minimum absolute atomic E-state index is 0.473. The van der Waals surface area contributed by atoms with Crippen molar-refractivity contribution in [3.05, 3.63) is 23.6 Å². The third-order valence-electron chi connectivity index (χ3n) is 2.33. The molecule has 0 fully saturated rings. The van der Waals surface area contributed by atoms with E-state index in [1.54, 1.807) is 4.68 Å². The smallest absolute Gasteiger partial charge is 0.248 e. The fraction of sp³-hybridized carbons (Fsp3) is 0.636. The number of hydrogen-bond donors (Lipinski definition) is 0. The van der Waals surface area contributed by atoms with E-state index in [1.807, 2.05) is 6.20 Å². The summed E-state index contributed by atoms with van der Waals surface area (Å²) in [6.45, 7) is 4.72. The molecule has 0 saturated heterocycles. The van der Waals surface area contributed by atoms with Gasteiger partial charge in [0.2, 0.25) is 5.89 Å². The van der Waals surface area contributed by atoms with Crippen molar-refractivity contribution in [2.24, 2.45) is 5.92 Å². The van der Waals surface area contributed by atoms with Gasteiger partial charge < -0.3 is 4.52 Å². The van der Waals surface area contributed by atoms with Crippen LogP contribution in [0.1, 0.15) is 31.3 Å². The number of aromatic nitrogens is 5. The molecule has 0 aliphatic heterocycles. The van der Waals surface area contributed by atoms with Crippen molar-refractivity contribution in [3.8, 4) is 0 Å². The number of hydrogen-bond acceptors (Lipinski definition) is 5. The molecule has 2 aromatic heterocycles. The second-order valence-electron chi connectivity index (χ2n) is 4.55. The van der Waals surface area contributed by atoms with E-state index in [9.17, 15) is 0 Å². The Kier molecular flexibility index (Phi) is 4.46. The molecule has 6 nitrogen and oxygen atoms in total. The Morgan fingerprint density at radius 2 is 2.28 bits per heavy atom. The van der Waals surface area contributed by atoms with Crippen molar-refractivity contribution in [2.45, 2.75) is 33.2 Å². The van der Waals surface area contributed by atoms with Gasteiger partial charge in [0.25, 0.3) is 0 Å². The van der Waals surface area contributed by atoms with Crippen LogP contribution in [0.5, 0.6) is 0 Å². The van der Waals surface area contributed by atoms with E-state index < -0.39 is 0 Å². The Balaban J connectivity index is 1.97. The van der Waals surface area contributed by atoms with E-state index >= 15 is 0 Å². The molecule has 2 aromatic rings. The first kappa shape index (κ1) is 13.2. The summed E-state index contributed by atoms with van der Waals surface area (Å²) in [6, 6.07) is 0. The van der Waals surface area contributed by atoms with Crippen LogP contribution in [-0.2, 0) is 19.4 Å². The van der Waals surface area contributed by atoms with Crippen LogP contribution in [0.2, 0.25) is 0 Å². The normalized spacial score (nSPS) is 11.3. The maximum absolute atomic E-state index is 5.18. The van der Waals surface area contributed by atoms with Crippen LogP contribution in [0.3, 0.4) is 0 Å². The Morgan fingerprint density at radius 1 is 1.44 bits per heavy atom. The molecule has 98 valence electrons. The zero-order valence-corrected chi connectivity index (χ0v) is 12.1. The second-order valence-corrected chi connectivity index (χ2v) is 5.34. The number of rotatable bonds is 6. The minimum atomic E-state index is 0.473. The van der Waals surface area contributed by atoms with Gasteiger partial charge in [-0.25, -0.2) is 4.68 Å². The molecule has 0 aromatic carbocycles. The fourth-order valence-corrected chi connectivity index (χ4v) is 1.97. The first-order valence-corrected chi connectivity index (χ1v) is 7.06. The number of halogens is 1. The molecule has 0 N–H and O–H groups in total. The lowest BCUT2D eigenvalue weighted by Gasteiger charge is -1.96. The molecule has 0 atom stereocenters. The topological polar surface area (TPSA) is 69.6 Å². The van der Waals surface area contributed by atoms with E-state index in [0.29, 0.717) is 18.4 Å². The van der Waals surface area contributed by atoms with Gasteiger partial charge in [-0.15, -0.1) is 5.10 Å². The zero-order chi connectivity index (χ0) is 13.0. The molecule has 18 heavy (non-hydrogen) atoms. The molecule has 2 rings (SSSR count). The lowest BCUT2D eigenvalue weighted by atomic mass is 10.1. The number of nitrogens with zero attached hydrogens (tertiary/aromatic N) is 5. The zero-order valence-electron chi connectivity index (χ0n) is 10.5. The first-order valence-electron chi connectivity index (χ1n) is 5.94. The van der Waals surface area contributed by atoms with Crippen LogP contribution in [0.15, 0.2) is 10.7 Å². The molecule has 0 aliphatic carbocycles. The second kappa shape index (κ2) is 6.08. The SMILES string of the molecule is CC(C)Cc1noc(Cn2cc(CCBr)nn2)n1. The largest absolute Gasteiger partial charge is 0.337 e. The Bertz CT molecular complexity index is 493. The maximum atomic E-state index is 5.18. The minimum Gasteiger partial charge on any atom is -0.337 e. The molecule has 0 unspecified atom stereocenters. The summed E-state index contributed by atoms with van der Waals surface area (Å²) in [7, 11) is 0. The van der Waals surface area contributed by atoms with Crippen molar-refractivity contribution in [3.63, 3.8) is 0 Å². The highest BCUT2D eigenvalue weighted by atomic mass is 79.9. The maximum Gasteiger partial charge on any atom is 0.248 e. The summed E-state index contributed by atoms with van der Waals surface area (Å²) in [5, 5.41) is 12.9. The average Bonchev–Trinajstić information content (AvgIpc) is 2.89. The van der Waals surface area contributed by atoms with Gasteiger partial charge in [0, 0.05) is 24.4 Å². The van der Waals surface area contributed by atoms with Crippen LogP contribution in [-0.4, -0.2) is 30.5 Å². The summed E-state index contributed by atoms with van der Waals surface area (Å²) in [4.78, 5) is 4.33. The summed E-state index contributed by atoms with van der Waals surface area (Å²) in [5.74, 6) is 1.84. The van der Waals surface area contributed by atoms with Gasteiger partial charge in [-0.3, -0.25) is 0 Å². The highest BCUT2D eigenvalue weighted by Crippen LogP contribution is 2.06. The molecule has 0 radical (unpaired) electrons. The van der Waals surface area contributed by atoms with Crippen LogP contribution >= 0.6 is 15.9 Å². The quantitative estimate of drug-likeness (QED) is 0.761. The van der Waals surface area contributed by atoms with Gasteiger partial charge >= 0.3 is 0 Å². The summed E-state index contributed by atoms with van der Waals surface area (Å²) in [6.07, 6.45) is 3.59. The van der Waals surface area contributed by atoms with E-state index in [1.165, 1.54) is 0 Å². The van der Waals surface area contributed by atoms with Crippen molar-refractivity contribution >= 4 is 15.9 Å². The molecule has 0 saturated carbocycles. The Hall–Kier alpha value is -1.24. The molecule has 7 heteroatoms. The van der Waals surface area contributed by atoms with E-state index in [2.05, 4.69) is 50.2 Å². The molecule has 0 amide bonds. The van der Waals surface area contributed by atoms with Gasteiger partial charge in [-0.1, -0.05) is 40.1 Å². The lowest BCUT2D eigenvalue weighted by molar-refractivity contribution is 0.358. The van der Waals surface area contributed by atoms with Gasteiger partial charge in [0.1, 0.15) is 6.54 Å². The standard InChI is InChI=1S/C11H16BrN5O/c1-8(2)5-10-13-11(18-15-10)7-17-6-9(3-4-12)14-16-17/h6,8H,3-5,7H2,1-2H3. The molecular formula is C11H16BrN5O. The number of aryl methyl sites for hydroxylation is 1. The van der Waals surface area contributed by atoms with Crippen molar-refractivity contribution in [1.82, 2.24) is 25.1 Å². The van der Waals surface area contributed by atoms with Gasteiger partial charge in [0.05, 0.1) is 5.69 Å². The highest BCUT2D eigenvalue weighted by molar-refractivity contribution is 9.09. The summed E-state index contributed by atoms with van der Waals surface area (Å²) < 4.78 is 6.89. The van der Waals surface area contributed by atoms with Crippen molar-refractivity contribution in [2.75, 3.05) is 5.33 Å². The van der Waals surface area contributed by atoms with E-state index in [4.69, 9.17) is 4.52 Å². The molecule has 0 bridgehead atoms. The van der Waals surface area contributed by atoms with Gasteiger partial charge in [-0.05, 0) is 5.92 Å². The third-order valence-corrected chi connectivity index (χ3v) is 2.73. The highest BCUT2D eigenvalue weighted by Gasteiger charge is 2.09. The van der Waals surface area contributed by atoms with Crippen molar-refractivity contribution < 1.29 is 4.52 Å². The average molecular weight is 314 g/mol. The van der Waals surface area contributed by atoms with Crippen LogP contribution in [0, 0.1) is 5.92 Å². The molecule has 0 spiro atoms. The summed E-state index contributed by atoms with van der Waals surface area (Å²) in [5.41, 5.74) is 0.953. The molecule has 2 heterocycles. The predicted molar refractivity (Wildman–Crippen MR) is 69.5 cm³/mol. The van der Waals surface area contributed by atoms with Gasteiger partial charge in [0.15, 0.2) is 5.82 Å². The van der Waals surface area contributed by atoms with Crippen molar-refractivity contribution in [1.29, 1.82) is 0 Å². The first-order chi connectivity index (χ1) is 8.67. The third kappa shape index (κ3) is 3.63. The Morgan fingerprint density at radius 3 is 3.00 bits per heavy atom. The monoisotopic (exact) mass is 313 g/mol. The summed E-state index contributed by atoms with van der Waals surface area (Å²) >= 11 is 3.37. The van der Waals surface area contributed by atoms with E-state index in [-0.39, 0.29) is 0 Å². The molecular weight excluding hydrogens is 298 g/mol. The van der Waals surface area contributed by atoms with E-state index in [0.717, 1.165) is 29.7 Å². The molecule has 0 aliphatic rings. The fourth-order valence-electron chi connectivity index (χ4n) is 1.57. The van der Waals surface area contributed by atoms with Crippen LogP contribution in [0.4, 0.5) is 0 Å². The van der Waals surface area contributed by atoms with Gasteiger partial charge in [-0.2, -0.15) is 4.98 Å². The predicted octanol–water partition coefficient (Wildman–Crippen LogP) is 1.85. The lowest BCUT2D eigenvalue weighted by Crippen LogP contribution is -2.01. The van der Waals surface area contributed by atoms with Crippen LogP contribution in [0.25, 0.3) is 0 Å². The van der Waals surface area contributed by atoms with Crippen LogP contribution < -0.4 is 0 Å². The number of alkyl halides is 1.